The minimum atomic E-state index is -0.0526. The van der Waals surface area contributed by atoms with Gasteiger partial charge in [0.15, 0.2) is 5.69 Å². The molecule has 0 bridgehead atoms. The number of aromatic nitrogens is 3. The average Bonchev–Trinajstić information content (AvgIpc) is 3.02. The molecule has 0 aliphatic rings. The molecule has 3 rings (SSSR count). The van der Waals surface area contributed by atoms with E-state index in [2.05, 4.69) is 15.4 Å². The predicted molar refractivity (Wildman–Crippen MR) is 90.7 cm³/mol. The van der Waals surface area contributed by atoms with E-state index in [0.29, 0.717) is 5.75 Å². The summed E-state index contributed by atoms with van der Waals surface area (Å²) in [5, 5.41) is 6.70. The molecule has 6 heteroatoms. The highest BCUT2D eigenvalue weighted by molar-refractivity contribution is 7.99. The Labute approximate surface area is 138 Å². The molecule has 1 heterocycles. The molecule has 0 saturated carbocycles. The van der Waals surface area contributed by atoms with Gasteiger partial charge < -0.3 is 5.32 Å². The number of rotatable bonds is 5. The molecular weight excluding hydrogens is 308 g/mol. The van der Waals surface area contributed by atoms with Crippen molar-refractivity contribution in [1.29, 1.82) is 0 Å². The van der Waals surface area contributed by atoms with Crippen molar-refractivity contribution in [2.75, 3.05) is 11.1 Å². The molecule has 0 aliphatic carbocycles. The number of H-pyrrole nitrogens is 1. The molecule has 5 nitrogen and oxygen atoms in total. The molecule has 0 radical (unpaired) electrons. The van der Waals surface area contributed by atoms with Crippen molar-refractivity contribution < 1.29 is 9.48 Å². The lowest BCUT2D eigenvalue weighted by atomic mass is 10.2. The monoisotopic (exact) mass is 325 g/mol. The largest absolute Gasteiger partial charge is 0.385 e. The number of amides is 1. The Hall–Kier alpha value is -2.60. The number of carbonyl (C=O) groups excluding carboxylic acids is 1. The standard InChI is InChI=1S/C17H16N4OS/c1-13-6-5-7-14(10-13)20-16(22)11-23-17-18-12-19-21(17)15-8-3-2-4-9-15/h2-10,12H,11H2,1H3,(H,20,22)/p+1. The Balaban J connectivity index is 1.63. The van der Waals surface area contributed by atoms with Crippen LogP contribution in [-0.2, 0) is 4.79 Å². The van der Waals surface area contributed by atoms with Crippen molar-refractivity contribution in [3.63, 3.8) is 0 Å². The number of thioether (sulfide) groups is 1. The summed E-state index contributed by atoms with van der Waals surface area (Å²) >= 11 is 1.39. The second kappa shape index (κ2) is 7.11. The Morgan fingerprint density at radius 3 is 2.83 bits per heavy atom. The van der Waals surface area contributed by atoms with Gasteiger partial charge in [-0.15, -0.1) is 4.68 Å². The highest BCUT2D eigenvalue weighted by Gasteiger charge is 2.18. The maximum absolute atomic E-state index is 12.1. The minimum absolute atomic E-state index is 0.0526. The minimum Gasteiger partial charge on any atom is -0.325 e. The van der Waals surface area contributed by atoms with E-state index < -0.39 is 0 Å². The van der Waals surface area contributed by atoms with Gasteiger partial charge in [-0.2, -0.15) is 5.10 Å². The van der Waals surface area contributed by atoms with Crippen LogP contribution in [0.15, 0.2) is 66.1 Å². The SMILES string of the molecule is Cc1cccc(NC(=O)CSc2nc[nH][n+]2-c2ccccc2)c1. The van der Waals surface area contributed by atoms with Crippen LogP contribution in [0.25, 0.3) is 5.69 Å². The first-order valence-electron chi connectivity index (χ1n) is 7.22. The molecule has 2 N–H and O–H groups in total. The first-order chi connectivity index (χ1) is 11.2. The van der Waals surface area contributed by atoms with Crippen molar-refractivity contribution in [3.05, 3.63) is 66.5 Å². The summed E-state index contributed by atoms with van der Waals surface area (Å²) in [5.74, 6) is 0.245. The van der Waals surface area contributed by atoms with Crippen molar-refractivity contribution in [2.24, 2.45) is 0 Å². The van der Waals surface area contributed by atoms with Crippen molar-refractivity contribution in [3.8, 4) is 5.69 Å². The zero-order valence-corrected chi connectivity index (χ0v) is 13.5. The third-order valence-electron chi connectivity index (χ3n) is 3.20. The van der Waals surface area contributed by atoms with Gasteiger partial charge in [0, 0.05) is 5.69 Å². The van der Waals surface area contributed by atoms with E-state index in [1.165, 1.54) is 11.8 Å². The number of carbonyl (C=O) groups is 1. The van der Waals surface area contributed by atoms with Crippen LogP contribution >= 0.6 is 11.8 Å². The summed E-state index contributed by atoms with van der Waals surface area (Å²) in [4.78, 5) is 16.4. The molecule has 23 heavy (non-hydrogen) atoms. The van der Waals surface area contributed by atoms with Crippen molar-refractivity contribution >= 4 is 23.4 Å². The predicted octanol–water partition coefficient (Wildman–Crippen LogP) is 2.73. The number of hydrogen-bond donors (Lipinski definition) is 2. The Kier molecular flexibility index (Phi) is 4.73. The lowest BCUT2D eigenvalue weighted by Crippen LogP contribution is -2.35. The number of anilines is 1. The van der Waals surface area contributed by atoms with Crippen molar-refractivity contribution in [1.82, 2.24) is 10.1 Å². The van der Waals surface area contributed by atoms with Gasteiger partial charge >= 0.3 is 5.16 Å². The third-order valence-corrected chi connectivity index (χ3v) is 4.15. The molecule has 0 unspecified atom stereocenters. The van der Waals surface area contributed by atoms with E-state index >= 15 is 0 Å². The van der Waals surface area contributed by atoms with Crippen LogP contribution in [0.4, 0.5) is 5.69 Å². The first kappa shape index (κ1) is 15.3. The average molecular weight is 325 g/mol. The molecule has 3 aromatic rings. The number of nitrogens with zero attached hydrogens (tertiary/aromatic N) is 2. The Morgan fingerprint density at radius 1 is 1.22 bits per heavy atom. The summed E-state index contributed by atoms with van der Waals surface area (Å²) in [6.45, 7) is 2.00. The van der Waals surface area contributed by atoms with Crippen LogP contribution in [0.3, 0.4) is 0 Å². The van der Waals surface area contributed by atoms with E-state index in [0.717, 1.165) is 22.1 Å². The van der Waals surface area contributed by atoms with Crippen molar-refractivity contribution in [2.45, 2.75) is 12.1 Å². The molecule has 2 aromatic carbocycles. The third kappa shape index (κ3) is 3.98. The van der Waals surface area contributed by atoms with Gasteiger partial charge in [-0.3, -0.25) is 4.79 Å². The molecule has 116 valence electrons. The maximum atomic E-state index is 12.1. The van der Waals surface area contributed by atoms with Crippen LogP contribution in [0.2, 0.25) is 0 Å². The van der Waals surface area contributed by atoms with Gasteiger partial charge in [0.25, 0.3) is 0 Å². The van der Waals surface area contributed by atoms with Gasteiger partial charge in [0.1, 0.15) is 0 Å². The zero-order valence-electron chi connectivity index (χ0n) is 12.7. The Morgan fingerprint density at radius 2 is 2.04 bits per heavy atom. The smallest absolute Gasteiger partial charge is 0.325 e. The van der Waals surface area contributed by atoms with Gasteiger partial charge in [-0.05, 0) is 53.5 Å². The number of aryl methyl sites for hydroxylation is 1. The molecule has 1 amide bonds. The second-order valence-electron chi connectivity index (χ2n) is 5.05. The van der Waals surface area contributed by atoms with E-state index in [1.54, 1.807) is 6.33 Å². The van der Waals surface area contributed by atoms with E-state index in [-0.39, 0.29) is 5.91 Å². The van der Waals surface area contributed by atoms with Crippen LogP contribution in [0, 0.1) is 6.92 Å². The normalized spacial score (nSPS) is 10.5. The van der Waals surface area contributed by atoms with Gasteiger partial charge in [0.05, 0.1) is 5.75 Å². The highest BCUT2D eigenvalue weighted by atomic mass is 32.2. The van der Waals surface area contributed by atoms with E-state index in [9.17, 15) is 4.79 Å². The zero-order chi connectivity index (χ0) is 16.1. The summed E-state index contributed by atoms with van der Waals surface area (Å²) in [6, 6.07) is 17.6. The number of aromatic amines is 1. The topological polar surface area (TPSA) is 61.7 Å². The van der Waals surface area contributed by atoms with Gasteiger partial charge in [-0.1, -0.05) is 30.3 Å². The molecule has 0 spiro atoms. The summed E-state index contributed by atoms with van der Waals surface area (Å²) in [7, 11) is 0. The molecule has 0 saturated heterocycles. The summed E-state index contributed by atoms with van der Waals surface area (Å²) in [6.07, 6.45) is 1.62. The Bertz CT molecular complexity index is 801. The molecule has 0 aliphatic heterocycles. The summed E-state index contributed by atoms with van der Waals surface area (Å²) < 4.78 is 1.85. The quantitative estimate of drug-likeness (QED) is 0.560. The lowest BCUT2D eigenvalue weighted by Gasteiger charge is -2.04. The number of benzene rings is 2. The fourth-order valence-corrected chi connectivity index (χ4v) is 2.92. The molecular formula is C17H17N4OS+. The van der Waals surface area contributed by atoms with Crippen LogP contribution in [0.1, 0.15) is 5.56 Å². The molecule has 0 fully saturated rings. The fourth-order valence-electron chi connectivity index (χ4n) is 2.17. The maximum Gasteiger partial charge on any atom is 0.385 e. The highest BCUT2D eigenvalue weighted by Crippen LogP contribution is 2.14. The van der Waals surface area contributed by atoms with Gasteiger partial charge in [-0.25, -0.2) is 0 Å². The number of nitrogens with one attached hydrogen (secondary N) is 2. The van der Waals surface area contributed by atoms with Crippen LogP contribution < -0.4 is 10.00 Å². The fraction of sp³-hybridized carbons (Fsp3) is 0.118. The van der Waals surface area contributed by atoms with Crippen LogP contribution in [-0.4, -0.2) is 21.7 Å². The number of hydrogen-bond acceptors (Lipinski definition) is 3. The molecule has 1 aromatic heterocycles. The van der Waals surface area contributed by atoms with Crippen LogP contribution in [0.5, 0.6) is 0 Å². The summed E-state index contributed by atoms with van der Waals surface area (Å²) in [5.41, 5.74) is 2.91. The van der Waals surface area contributed by atoms with E-state index in [4.69, 9.17) is 0 Å². The lowest BCUT2D eigenvalue weighted by molar-refractivity contribution is -0.694. The second-order valence-corrected chi connectivity index (χ2v) is 5.99. The molecule has 0 atom stereocenters. The first-order valence-corrected chi connectivity index (χ1v) is 8.21. The number of para-hydroxylation sites is 1. The van der Waals surface area contributed by atoms with E-state index in [1.807, 2.05) is 66.2 Å². The van der Waals surface area contributed by atoms with Gasteiger partial charge in [0.2, 0.25) is 12.2 Å².